The fourth-order valence-electron chi connectivity index (χ4n) is 4.90. The summed E-state index contributed by atoms with van der Waals surface area (Å²) in [6.45, 7) is 14.4. The van der Waals surface area contributed by atoms with Gasteiger partial charge in [-0.3, -0.25) is 4.90 Å². The molecule has 2 aromatic rings. The van der Waals surface area contributed by atoms with E-state index in [2.05, 4.69) is 35.6 Å². The Hall–Kier alpha value is -1.43. The predicted octanol–water partition coefficient (Wildman–Crippen LogP) is 5.10. The lowest BCUT2D eigenvalue weighted by molar-refractivity contribution is 0.0460. The standard InChI is InChI=1S/C24H35N3OS/c1-24(2,3)19-12-18(14-26-10-6-7-11-26)15-27(16-19)17-20-13-25-23(29-20)21-8-4-5-9-22(21)28/h4-5,8-9,13,18-19,28H,6-7,10-12,14-17H2,1-3H3. The highest BCUT2D eigenvalue weighted by molar-refractivity contribution is 7.15. The van der Waals surface area contributed by atoms with Crippen LogP contribution in [0.1, 0.15) is 44.9 Å². The van der Waals surface area contributed by atoms with Crippen LogP contribution in [-0.4, -0.2) is 52.6 Å². The minimum atomic E-state index is 0.310. The van der Waals surface area contributed by atoms with Crippen LogP contribution in [0.15, 0.2) is 30.5 Å². The maximum atomic E-state index is 10.1. The van der Waals surface area contributed by atoms with Crippen molar-refractivity contribution in [2.75, 3.05) is 32.7 Å². The van der Waals surface area contributed by atoms with Crippen molar-refractivity contribution in [3.63, 3.8) is 0 Å². The van der Waals surface area contributed by atoms with Crippen LogP contribution in [-0.2, 0) is 6.54 Å². The van der Waals surface area contributed by atoms with E-state index in [0.29, 0.717) is 11.2 Å². The van der Waals surface area contributed by atoms with Gasteiger partial charge < -0.3 is 10.0 Å². The molecule has 1 N–H and O–H groups in total. The number of phenolic OH excluding ortho intramolecular Hbond substituents is 1. The van der Waals surface area contributed by atoms with Crippen molar-refractivity contribution in [2.24, 2.45) is 17.3 Å². The number of hydrogen-bond acceptors (Lipinski definition) is 5. The molecule has 2 unspecified atom stereocenters. The van der Waals surface area contributed by atoms with Gasteiger partial charge in [-0.15, -0.1) is 11.3 Å². The van der Waals surface area contributed by atoms with Gasteiger partial charge in [0.1, 0.15) is 10.8 Å². The average Bonchev–Trinajstić information content (AvgIpc) is 3.33. The zero-order valence-corrected chi connectivity index (χ0v) is 18.9. The monoisotopic (exact) mass is 413 g/mol. The number of benzene rings is 1. The smallest absolute Gasteiger partial charge is 0.127 e. The molecule has 0 spiro atoms. The Labute approximate surface area is 179 Å². The zero-order valence-electron chi connectivity index (χ0n) is 18.1. The van der Waals surface area contributed by atoms with Gasteiger partial charge in [0.15, 0.2) is 0 Å². The van der Waals surface area contributed by atoms with Gasteiger partial charge >= 0.3 is 0 Å². The topological polar surface area (TPSA) is 39.6 Å². The van der Waals surface area contributed by atoms with E-state index in [4.69, 9.17) is 0 Å². The van der Waals surface area contributed by atoms with Gasteiger partial charge in [0.2, 0.25) is 0 Å². The third-order valence-corrected chi connectivity index (χ3v) is 7.64. The zero-order chi connectivity index (χ0) is 20.4. The third-order valence-electron chi connectivity index (χ3n) is 6.62. The van der Waals surface area contributed by atoms with Gasteiger partial charge in [-0.2, -0.15) is 0 Å². The quantitative estimate of drug-likeness (QED) is 0.741. The first-order valence-corrected chi connectivity index (χ1v) is 11.9. The summed E-state index contributed by atoms with van der Waals surface area (Å²) in [5.74, 6) is 1.80. The van der Waals surface area contributed by atoms with Crippen LogP contribution in [0.3, 0.4) is 0 Å². The number of rotatable bonds is 5. The molecule has 2 aliphatic heterocycles. The third kappa shape index (κ3) is 5.19. The second kappa shape index (κ2) is 8.75. The van der Waals surface area contributed by atoms with Gasteiger partial charge in [-0.05, 0) is 61.7 Å². The number of phenols is 1. The molecule has 0 bridgehead atoms. The minimum Gasteiger partial charge on any atom is -0.507 e. The van der Waals surface area contributed by atoms with Crippen molar-refractivity contribution in [3.05, 3.63) is 35.3 Å². The van der Waals surface area contributed by atoms with Crippen LogP contribution in [0.2, 0.25) is 0 Å². The number of para-hydroxylation sites is 1. The molecule has 5 heteroatoms. The molecule has 4 rings (SSSR count). The maximum Gasteiger partial charge on any atom is 0.127 e. The van der Waals surface area contributed by atoms with E-state index in [0.717, 1.165) is 29.0 Å². The second-order valence-corrected chi connectivity index (χ2v) is 11.1. The summed E-state index contributed by atoms with van der Waals surface area (Å²) in [5, 5.41) is 11.1. The van der Waals surface area contributed by atoms with Gasteiger partial charge in [0.25, 0.3) is 0 Å². The number of thiazole rings is 1. The first kappa shape index (κ1) is 20.8. The van der Waals surface area contributed by atoms with Crippen LogP contribution >= 0.6 is 11.3 Å². The van der Waals surface area contributed by atoms with E-state index < -0.39 is 0 Å². The van der Waals surface area contributed by atoms with Crippen LogP contribution in [0.25, 0.3) is 10.6 Å². The molecule has 29 heavy (non-hydrogen) atoms. The van der Waals surface area contributed by atoms with Gasteiger partial charge in [-0.1, -0.05) is 32.9 Å². The second-order valence-electron chi connectivity index (χ2n) is 10.0. The summed E-state index contributed by atoms with van der Waals surface area (Å²) in [6.07, 6.45) is 6.09. The molecule has 0 amide bonds. The largest absolute Gasteiger partial charge is 0.507 e. The summed E-state index contributed by atoms with van der Waals surface area (Å²) >= 11 is 1.71. The number of piperidine rings is 1. The number of aromatic nitrogens is 1. The summed E-state index contributed by atoms with van der Waals surface area (Å²) in [5.41, 5.74) is 1.18. The summed E-state index contributed by atoms with van der Waals surface area (Å²) < 4.78 is 0. The Kier molecular flexibility index (Phi) is 6.28. The van der Waals surface area contributed by atoms with Gasteiger partial charge in [0, 0.05) is 37.3 Å². The average molecular weight is 414 g/mol. The van der Waals surface area contributed by atoms with Crippen molar-refractivity contribution >= 4 is 11.3 Å². The highest BCUT2D eigenvalue weighted by Crippen LogP contribution is 2.38. The van der Waals surface area contributed by atoms with Crippen molar-refractivity contribution in [1.82, 2.24) is 14.8 Å². The minimum absolute atomic E-state index is 0.310. The Bertz CT molecular complexity index is 806. The first-order valence-electron chi connectivity index (χ1n) is 11.1. The van der Waals surface area contributed by atoms with E-state index in [1.165, 1.54) is 56.9 Å². The van der Waals surface area contributed by atoms with Crippen molar-refractivity contribution in [2.45, 2.75) is 46.6 Å². The molecule has 2 atom stereocenters. The summed E-state index contributed by atoms with van der Waals surface area (Å²) in [6, 6.07) is 7.49. The van der Waals surface area contributed by atoms with Crippen LogP contribution in [0, 0.1) is 17.3 Å². The van der Waals surface area contributed by atoms with Crippen LogP contribution in [0.4, 0.5) is 0 Å². The van der Waals surface area contributed by atoms with E-state index in [1.54, 1.807) is 17.4 Å². The molecule has 0 aliphatic carbocycles. The Morgan fingerprint density at radius 2 is 1.86 bits per heavy atom. The van der Waals surface area contributed by atoms with Crippen LogP contribution in [0.5, 0.6) is 5.75 Å². The predicted molar refractivity (Wildman–Crippen MR) is 121 cm³/mol. The van der Waals surface area contributed by atoms with E-state index in [1.807, 2.05) is 24.4 Å². The maximum absolute atomic E-state index is 10.1. The normalized spacial score (nSPS) is 24.2. The van der Waals surface area contributed by atoms with E-state index in [9.17, 15) is 5.11 Å². The lowest BCUT2D eigenvalue weighted by Gasteiger charge is -2.44. The molecule has 0 radical (unpaired) electrons. The van der Waals surface area contributed by atoms with Crippen molar-refractivity contribution in [3.8, 4) is 16.3 Å². The fourth-order valence-corrected chi connectivity index (χ4v) is 5.89. The van der Waals surface area contributed by atoms with Gasteiger partial charge in [-0.25, -0.2) is 4.98 Å². The molecular formula is C24H35N3OS. The number of hydrogen-bond donors (Lipinski definition) is 1. The highest BCUT2D eigenvalue weighted by atomic mass is 32.1. The van der Waals surface area contributed by atoms with E-state index in [-0.39, 0.29) is 0 Å². The molecular weight excluding hydrogens is 378 g/mol. The first-order chi connectivity index (χ1) is 13.9. The molecule has 3 heterocycles. The lowest BCUT2D eigenvalue weighted by atomic mass is 9.73. The number of aromatic hydroxyl groups is 1. The Balaban J connectivity index is 1.45. The lowest BCUT2D eigenvalue weighted by Crippen LogP contribution is -2.47. The molecule has 2 saturated heterocycles. The molecule has 2 fully saturated rings. The SMILES string of the molecule is CC(C)(C)C1CC(CN2CCCC2)CN(Cc2cnc(-c3ccccc3O)s2)C1. The van der Waals surface area contributed by atoms with E-state index >= 15 is 0 Å². The Morgan fingerprint density at radius 1 is 1.10 bits per heavy atom. The number of nitrogens with zero attached hydrogens (tertiary/aromatic N) is 3. The fraction of sp³-hybridized carbons (Fsp3) is 0.625. The molecule has 0 saturated carbocycles. The molecule has 1 aromatic carbocycles. The molecule has 158 valence electrons. The summed E-state index contributed by atoms with van der Waals surface area (Å²) in [7, 11) is 0. The number of likely N-dealkylation sites (tertiary alicyclic amines) is 2. The molecule has 4 nitrogen and oxygen atoms in total. The van der Waals surface area contributed by atoms with Crippen LogP contribution < -0.4 is 0 Å². The molecule has 1 aromatic heterocycles. The highest BCUT2D eigenvalue weighted by Gasteiger charge is 2.35. The summed E-state index contributed by atoms with van der Waals surface area (Å²) in [4.78, 5) is 11.2. The molecule has 2 aliphatic rings. The van der Waals surface area contributed by atoms with Crippen molar-refractivity contribution in [1.29, 1.82) is 0 Å². The van der Waals surface area contributed by atoms with Gasteiger partial charge in [0.05, 0.1) is 5.56 Å². The Morgan fingerprint density at radius 3 is 2.59 bits per heavy atom. The van der Waals surface area contributed by atoms with Crippen molar-refractivity contribution < 1.29 is 5.11 Å².